The maximum absolute atomic E-state index is 14.9. The third-order valence-corrected chi connectivity index (χ3v) is 7.29. The zero-order chi connectivity index (χ0) is 26.1. The van der Waals surface area contributed by atoms with Gasteiger partial charge in [0, 0.05) is 18.2 Å². The van der Waals surface area contributed by atoms with Crippen molar-refractivity contribution in [3.8, 4) is 11.4 Å². The van der Waals surface area contributed by atoms with Gasteiger partial charge in [-0.05, 0) is 37.8 Å². The summed E-state index contributed by atoms with van der Waals surface area (Å²) in [5.41, 5.74) is 6.75. The largest absolute Gasteiger partial charge is 0.414 e. The molecule has 37 heavy (non-hydrogen) atoms. The van der Waals surface area contributed by atoms with E-state index in [1.165, 1.54) is 18.5 Å². The first-order valence-corrected chi connectivity index (χ1v) is 12.6. The Kier molecular flexibility index (Phi) is 6.85. The fourth-order valence-corrected chi connectivity index (χ4v) is 5.45. The second-order valence-corrected chi connectivity index (χ2v) is 10.3. The molecule has 1 aliphatic carbocycles. The number of primary amides is 1. The molecule has 10 nitrogen and oxygen atoms in total. The van der Waals surface area contributed by atoms with Crippen molar-refractivity contribution < 1.29 is 24.1 Å². The first-order valence-electron chi connectivity index (χ1n) is 11.5. The lowest BCUT2D eigenvalue weighted by Crippen LogP contribution is -2.44. The van der Waals surface area contributed by atoms with Crippen LogP contribution in [0.4, 0.5) is 9.18 Å². The predicted octanol–water partition coefficient (Wildman–Crippen LogP) is 2.86. The highest BCUT2D eigenvalue weighted by Crippen LogP contribution is 2.37. The van der Waals surface area contributed by atoms with E-state index in [1.807, 2.05) is 4.57 Å². The molecule has 3 aromatic heterocycles. The Hall–Kier alpha value is -3.90. The standard InChI is InChI=1S/C24H21ClFN7O3S/c25-19-11-30-23(37-19)22(34)31-12-4-3-5-13(8-12)33-18-9-16(20(27)36-24(28)35)29-10-17(18)32-21(33)14-6-1-2-7-15(14)26/h1-2,6-7,9-13,27H,3-5,8H2,(H2,28,35)(H,31,34)/p+1/t12-,13+/m0/s1. The van der Waals surface area contributed by atoms with E-state index in [0.29, 0.717) is 38.2 Å². The molecule has 1 aromatic carbocycles. The number of fused-ring (bicyclic) bond motifs is 1. The minimum absolute atomic E-state index is 0.132. The Bertz CT molecular complexity index is 1520. The molecular weight excluding hydrogens is 521 g/mol. The molecule has 0 bridgehead atoms. The van der Waals surface area contributed by atoms with Crippen molar-refractivity contribution in [1.29, 1.82) is 0 Å². The maximum Gasteiger partial charge on any atom is 0.414 e. The van der Waals surface area contributed by atoms with Crippen molar-refractivity contribution in [2.45, 2.75) is 37.8 Å². The smallest absolute Gasteiger partial charge is 0.353 e. The second-order valence-electron chi connectivity index (χ2n) is 8.59. The number of carbonyl (C=O) groups excluding carboxylic acids is 2. The van der Waals surface area contributed by atoms with Crippen LogP contribution in [0.1, 0.15) is 47.2 Å². The predicted molar refractivity (Wildman–Crippen MR) is 136 cm³/mol. The number of ether oxygens (including phenoxy) is 1. The molecule has 1 aliphatic rings. The molecule has 1 saturated carbocycles. The maximum atomic E-state index is 14.9. The van der Waals surface area contributed by atoms with Crippen LogP contribution in [0.2, 0.25) is 4.34 Å². The summed E-state index contributed by atoms with van der Waals surface area (Å²) in [7, 11) is 0. The Balaban J connectivity index is 1.54. The molecule has 4 aromatic rings. The van der Waals surface area contributed by atoms with Gasteiger partial charge in [-0.25, -0.2) is 29.5 Å². The average Bonchev–Trinajstić information content (AvgIpc) is 3.47. The summed E-state index contributed by atoms with van der Waals surface area (Å²) in [6.45, 7) is 0. The van der Waals surface area contributed by atoms with Gasteiger partial charge in [0.05, 0.1) is 23.5 Å². The third kappa shape index (κ3) is 5.16. The summed E-state index contributed by atoms with van der Waals surface area (Å²) in [5.74, 6) is -0.544. The normalized spacial score (nSPS) is 17.5. The zero-order valence-corrected chi connectivity index (χ0v) is 20.9. The molecule has 0 aliphatic heterocycles. The van der Waals surface area contributed by atoms with E-state index >= 15 is 0 Å². The number of benzene rings is 1. The van der Waals surface area contributed by atoms with E-state index in [9.17, 15) is 14.0 Å². The number of pyridine rings is 1. The number of thiazole rings is 1. The van der Waals surface area contributed by atoms with Gasteiger partial charge in [0.15, 0.2) is 10.7 Å². The van der Waals surface area contributed by atoms with E-state index in [0.717, 1.165) is 30.6 Å². The van der Waals surface area contributed by atoms with Gasteiger partial charge in [-0.2, -0.15) is 0 Å². The van der Waals surface area contributed by atoms with Crippen LogP contribution in [0.15, 0.2) is 42.7 Å². The lowest BCUT2D eigenvalue weighted by Gasteiger charge is -2.32. The molecule has 1 fully saturated rings. The highest BCUT2D eigenvalue weighted by molar-refractivity contribution is 7.17. The third-order valence-electron chi connectivity index (χ3n) is 6.17. The number of nitrogens with zero attached hydrogens (tertiary/aromatic N) is 4. The Morgan fingerprint density at radius 2 is 2.05 bits per heavy atom. The second kappa shape index (κ2) is 10.2. The van der Waals surface area contributed by atoms with Crippen LogP contribution in [0.5, 0.6) is 0 Å². The van der Waals surface area contributed by atoms with E-state index in [2.05, 4.69) is 20.3 Å². The number of nitrogens with two attached hydrogens (primary N) is 2. The number of nitrogens with one attached hydrogen (secondary N) is 1. The molecule has 3 heterocycles. The van der Waals surface area contributed by atoms with E-state index < -0.39 is 11.9 Å². The fourth-order valence-electron chi connectivity index (χ4n) is 4.63. The van der Waals surface area contributed by atoms with Crippen LogP contribution in [0, 0.1) is 5.82 Å². The number of imidazole rings is 1. The molecule has 5 N–H and O–H groups in total. The highest BCUT2D eigenvalue weighted by atomic mass is 35.5. The molecule has 0 saturated heterocycles. The van der Waals surface area contributed by atoms with Crippen LogP contribution >= 0.6 is 22.9 Å². The van der Waals surface area contributed by atoms with Gasteiger partial charge in [-0.1, -0.05) is 35.1 Å². The average molecular weight is 543 g/mol. The molecular formula is C24H22ClFN7O3S+. The van der Waals surface area contributed by atoms with Crippen molar-refractivity contribution in [3.63, 3.8) is 0 Å². The molecule has 0 spiro atoms. The number of rotatable bonds is 5. The van der Waals surface area contributed by atoms with Crippen LogP contribution < -0.4 is 16.5 Å². The topological polar surface area (TPSA) is 151 Å². The first-order chi connectivity index (χ1) is 17.8. The molecule has 2 atom stereocenters. The quantitative estimate of drug-likeness (QED) is 0.260. The van der Waals surface area contributed by atoms with Gasteiger partial charge in [0.25, 0.3) is 5.91 Å². The molecule has 2 amide bonds. The Labute approximate surface area is 219 Å². The van der Waals surface area contributed by atoms with Gasteiger partial charge < -0.3 is 20.4 Å². The zero-order valence-electron chi connectivity index (χ0n) is 19.4. The van der Waals surface area contributed by atoms with Crippen LogP contribution in [0.3, 0.4) is 0 Å². The summed E-state index contributed by atoms with van der Waals surface area (Å²) in [6.07, 6.45) is 4.82. The van der Waals surface area contributed by atoms with Crippen molar-refractivity contribution in [3.05, 3.63) is 63.6 Å². The van der Waals surface area contributed by atoms with Gasteiger partial charge >= 0.3 is 12.0 Å². The summed E-state index contributed by atoms with van der Waals surface area (Å²) >= 11 is 7.04. The monoisotopic (exact) mass is 542 g/mol. The summed E-state index contributed by atoms with van der Waals surface area (Å²) < 4.78 is 22.1. The number of hydrogen-bond acceptors (Lipinski definition) is 7. The molecule has 0 radical (unpaired) electrons. The minimum atomic E-state index is -1.06. The summed E-state index contributed by atoms with van der Waals surface area (Å²) in [5, 5.41) is 9.21. The Morgan fingerprint density at radius 1 is 1.24 bits per heavy atom. The molecule has 5 rings (SSSR count). The fraction of sp³-hybridized carbons (Fsp3) is 0.250. The SMILES string of the molecule is NC(=O)OC(=[NH2+])c1cc2c(cn1)nc(-c1ccccc1F)n2[C@@H]1CCC[C@H](NC(=O)c2ncc(Cl)s2)C1. The molecule has 190 valence electrons. The number of hydrogen-bond donors (Lipinski definition) is 3. The van der Waals surface area contributed by atoms with Crippen molar-refractivity contribution in [1.82, 2.24) is 24.8 Å². The van der Waals surface area contributed by atoms with Crippen molar-refractivity contribution >= 4 is 51.9 Å². The van der Waals surface area contributed by atoms with Gasteiger partial charge in [-0.3, -0.25) is 4.79 Å². The van der Waals surface area contributed by atoms with E-state index in [1.54, 1.807) is 24.3 Å². The van der Waals surface area contributed by atoms with Crippen LogP contribution in [-0.2, 0) is 4.74 Å². The van der Waals surface area contributed by atoms with Crippen LogP contribution in [0.25, 0.3) is 22.4 Å². The van der Waals surface area contributed by atoms with Gasteiger partial charge in [-0.15, -0.1) is 0 Å². The molecule has 0 unspecified atom stereocenters. The molecule has 13 heteroatoms. The lowest BCUT2D eigenvalue weighted by molar-refractivity contribution is -0.132. The van der Waals surface area contributed by atoms with Gasteiger partial charge in [0.2, 0.25) is 0 Å². The number of amides is 2. The number of aromatic nitrogens is 4. The Morgan fingerprint density at radius 3 is 2.78 bits per heavy atom. The van der Waals surface area contributed by atoms with Crippen LogP contribution in [-0.4, -0.2) is 43.5 Å². The number of halogens is 2. The summed E-state index contributed by atoms with van der Waals surface area (Å²) in [6, 6.07) is 7.73. The lowest BCUT2D eigenvalue weighted by atomic mass is 9.90. The number of carbonyl (C=O) groups is 2. The van der Waals surface area contributed by atoms with Crippen molar-refractivity contribution in [2.75, 3.05) is 0 Å². The first kappa shape index (κ1) is 24.8. The van der Waals surface area contributed by atoms with Crippen molar-refractivity contribution in [2.24, 2.45) is 5.73 Å². The van der Waals surface area contributed by atoms with Gasteiger partial charge in [0.1, 0.15) is 21.5 Å². The summed E-state index contributed by atoms with van der Waals surface area (Å²) in [4.78, 5) is 36.9. The highest BCUT2D eigenvalue weighted by Gasteiger charge is 2.30. The van der Waals surface area contributed by atoms with E-state index in [4.69, 9.17) is 27.5 Å². The van der Waals surface area contributed by atoms with E-state index in [-0.39, 0.29) is 29.6 Å². The minimum Gasteiger partial charge on any atom is -0.353 e.